The zero-order chi connectivity index (χ0) is 24.2. The first kappa shape index (κ1) is 23.4. The third kappa shape index (κ3) is 4.79. The Balaban J connectivity index is 1.81. The molecule has 6 nitrogen and oxygen atoms in total. The second-order valence-electron chi connectivity index (χ2n) is 7.78. The van der Waals surface area contributed by atoms with Crippen LogP contribution in [0.1, 0.15) is 16.7 Å². The molecule has 1 heterocycles. The second kappa shape index (κ2) is 10.1. The van der Waals surface area contributed by atoms with Crippen LogP contribution in [-0.4, -0.2) is 32.4 Å². The quantitative estimate of drug-likeness (QED) is 0.402. The number of methoxy groups -OCH3 is 3. The van der Waals surface area contributed by atoms with E-state index in [0.717, 1.165) is 28.1 Å². The summed E-state index contributed by atoms with van der Waals surface area (Å²) in [6, 6.07) is 19.4. The summed E-state index contributed by atoms with van der Waals surface area (Å²) in [5.41, 5.74) is 4.49. The molecule has 0 radical (unpaired) electrons. The Labute approximate surface area is 203 Å². The van der Waals surface area contributed by atoms with Gasteiger partial charge in [0, 0.05) is 0 Å². The molecule has 0 spiro atoms. The van der Waals surface area contributed by atoms with Crippen molar-refractivity contribution in [3.63, 3.8) is 0 Å². The number of aliphatic imine (C=N–C) groups is 1. The highest BCUT2D eigenvalue weighted by atomic mass is 32.2. The van der Waals surface area contributed by atoms with E-state index in [1.807, 2.05) is 80.6 Å². The van der Waals surface area contributed by atoms with Gasteiger partial charge in [-0.2, -0.15) is 0 Å². The number of aryl methyl sites for hydroxylation is 2. The van der Waals surface area contributed by atoms with E-state index in [9.17, 15) is 4.79 Å². The lowest BCUT2D eigenvalue weighted by Gasteiger charge is -2.16. The lowest BCUT2D eigenvalue weighted by molar-refractivity contribution is -0.113. The van der Waals surface area contributed by atoms with Crippen LogP contribution in [-0.2, 0) is 4.79 Å². The molecule has 0 saturated carbocycles. The fourth-order valence-corrected chi connectivity index (χ4v) is 4.69. The van der Waals surface area contributed by atoms with Crippen molar-refractivity contribution in [2.45, 2.75) is 13.8 Å². The Morgan fingerprint density at radius 3 is 2.09 bits per heavy atom. The first-order valence-electron chi connectivity index (χ1n) is 10.7. The molecular weight excluding hydrogens is 448 g/mol. The number of nitrogens with zero attached hydrogens (tertiary/aromatic N) is 2. The maximum Gasteiger partial charge on any atom is 0.271 e. The number of hydrogen-bond donors (Lipinski definition) is 0. The minimum atomic E-state index is -0.143. The molecule has 0 bridgehead atoms. The van der Waals surface area contributed by atoms with Gasteiger partial charge in [-0.15, -0.1) is 0 Å². The molecular formula is C27H26N2O4S. The third-order valence-electron chi connectivity index (χ3n) is 5.28. The smallest absolute Gasteiger partial charge is 0.271 e. The van der Waals surface area contributed by atoms with E-state index in [1.54, 1.807) is 26.2 Å². The van der Waals surface area contributed by atoms with Gasteiger partial charge in [0.1, 0.15) is 0 Å². The highest BCUT2D eigenvalue weighted by Crippen LogP contribution is 2.41. The molecule has 1 fully saturated rings. The van der Waals surface area contributed by atoms with E-state index in [4.69, 9.17) is 19.2 Å². The van der Waals surface area contributed by atoms with Gasteiger partial charge in [0.2, 0.25) is 5.75 Å². The summed E-state index contributed by atoms with van der Waals surface area (Å²) in [4.78, 5) is 20.6. The Morgan fingerprint density at radius 2 is 1.50 bits per heavy atom. The first-order chi connectivity index (χ1) is 16.4. The van der Waals surface area contributed by atoms with Crippen molar-refractivity contribution in [3.8, 4) is 17.2 Å². The SMILES string of the molecule is COc1cc(C=C2SC(=Nc3cccc(C)c3)N(c3cccc(C)c3)C2=O)cc(OC)c1OC. The van der Waals surface area contributed by atoms with Crippen LogP contribution in [0.3, 0.4) is 0 Å². The van der Waals surface area contributed by atoms with Gasteiger partial charge in [0.05, 0.1) is 37.6 Å². The summed E-state index contributed by atoms with van der Waals surface area (Å²) in [5.74, 6) is 1.40. The molecule has 34 heavy (non-hydrogen) atoms. The van der Waals surface area contributed by atoms with Gasteiger partial charge in [0.15, 0.2) is 16.7 Å². The lowest BCUT2D eigenvalue weighted by atomic mass is 10.1. The average molecular weight is 475 g/mol. The van der Waals surface area contributed by atoms with Crippen molar-refractivity contribution >= 4 is 40.3 Å². The summed E-state index contributed by atoms with van der Waals surface area (Å²) in [6.45, 7) is 4.02. The van der Waals surface area contributed by atoms with E-state index in [-0.39, 0.29) is 5.91 Å². The molecule has 7 heteroatoms. The molecule has 4 rings (SSSR count). The lowest BCUT2D eigenvalue weighted by Crippen LogP contribution is -2.28. The molecule has 174 valence electrons. The van der Waals surface area contributed by atoms with Gasteiger partial charge in [-0.3, -0.25) is 9.69 Å². The van der Waals surface area contributed by atoms with E-state index >= 15 is 0 Å². The molecule has 0 N–H and O–H groups in total. The van der Waals surface area contributed by atoms with Gasteiger partial charge in [-0.25, -0.2) is 4.99 Å². The van der Waals surface area contributed by atoms with E-state index in [1.165, 1.54) is 11.8 Å². The van der Waals surface area contributed by atoms with Crippen molar-refractivity contribution in [1.29, 1.82) is 0 Å². The number of rotatable bonds is 6. The fourth-order valence-electron chi connectivity index (χ4n) is 3.69. The highest BCUT2D eigenvalue weighted by molar-refractivity contribution is 8.19. The highest BCUT2D eigenvalue weighted by Gasteiger charge is 2.35. The zero-order valence-electron chi connectivity index (χ0n) is 19.8. The van der Waals surface area contributed by atoms with Crippen LogP contribution in [0.15, 0.2) is 70.6 Å². The third-order valence-corrected chi connectivity index (χ3v) is 6.25. The maximum absolute atomic E-state index is 13.6. The summed E-state index contributed by atoms with van der Waals surface area (Å²) in [5, 5.41) is 0.597. The predicted octanol–water partition coefficient (Wildman–Crippen LogP) is 6.14. The summed E-state index contributed by atoms with van der Waals surface area (Å²) in [7, 11) is 4.69. The van der Waals surface area contributed by atoms with E-state index in [2.05, 4.69) is 0 Å². The van der Waals surface area contributed by atoms with Gasteiger partial charge >= 0.3 is 0 Å². The number of amidine groups is 1. The fraction of sp³-hybridized carbons (Fsp3) is 0.185. The maximum atomic E-state index is 13.6. The number of anilines is 1. The zero-order valence-corrected chi connectivity index (χ0v) is 20.6. The minimum absolute atomic E-state index is 0.143. The average Bonchev–Trinajstić information content (AvgIpc) is 3.12. The van der Waals surface area contributed by atoms with Crippen molar-refractivity contribution in [3.05, 3.63) is 82.3 Å². The van der Waals surface area contributed by atoms with Crippen LogP contribution in [0.2, 0.25) is 0 Å². The number of benzene rings is 3. The Morgan fingerprint density at radius 1 is 0.853 bits per heavy atom. The van der Waals surface area contributed by atoms with Crippen molar-refractivity contribution in [2.75, 3.05) is 26.2 Å². The number of carbonyl (C=O) groups excluding carboxylic acids is 1. The van der Waals surface area contributed by atoms with Crippen LogP contribution in [0.5, 0.6) is 17.2 Å². The van der Waals surface area contributed by atoms with Gasteiger partial charge in [0.25, 0.3) is 5.91 Å². The number of ether oxygens (including phenoxy) is 3. The molecule has 0 unspecified atom stereocenters. The van der Waals surface area contributed by atoms with Crippen molar-refractivity contribution in [2.24, 2.45) is 4.99 Å². The van der Waals surface area contributed by atoms with Gasteiger partial charge in [-0.1, -0.05) is 24.3 Å². The van der Waals surface area contributed by atoms with Gasteiger partial charge < -0.3 is 14.2 Å². The van der Waals surface area contributed by atoms with Gasteiger partial charge in [-0.05, 0) is 84.8 Å². The molecule has 1 aliphatic heterocycles. The second-order valence-corrected chi connectivity index (χ2v) is 8.79. The topological polar surface area (TPSA) is 60.4 Å². The van der Waals surface area contributed by atoms with Crippen molar-refractivity contribution < 1.29 is 19.0 Å². The molecule has 0 aliphatic carbocycles. The van der Waals surface area contributed by atoms with Crippen molar-refractivity contribution in [1.82, 2.24) is 0 Å². The Kier molecular flexibility index (Phi) is 6.93. The summed E-state index contributed by atoms with van der Waals surface area (Å²) in [6.07, 6.45) is 1.82. The van der Waals surface area contributed by atoms with Crippen LogP contribution >= 0.6 is 11.8 Å². The summed E-state index contributed by atoms with van der Waals surface area (Å²) < 4.78 is 16.3. The largest absolute Gasteiger partial charge is 0.493 e. The number of thioether (sulfide) groups is 1. The Hall–Kier alpha value is -3.71. The number of carbonyl (C=O) groups is 1. The first-order valence-corrected chi connectivity index (χ1v) is 11.5. The van der Waals surface area contributed by atoms with E-state index < -0.39 is 0 Å². The molecule has 3 aromatic rings. The standard InChI is InChI=1S/C27H26N2O4S/c1-17-8-6-10-20(12-17)28-27-29(21-11-7-9-18(2)13-21)26(30)24(34-27)16-19-14-22(31-3)25(33-5)23(15-19)32-4/h6-16H,1-5H3. The Bertz CT molecular complexity index is 1270. The minimum Gasteiger partial charge on any atom is -0.493 e. The van der Waals surface area contributed by atoms with E-state index in [0.29, 0.717) is 27.3 Å². The van der Waals surface area contributed by atoms with Crippen LogP contribution in [0.25, 0.3) is 6.08 Å². The predicted molar refractivity (Wildman–Crippen MR) is 139 cm³/mol. The molecule has 1 amide bonds. The van der Waals surface area contributed by atoms with Crippen LogP contribution < -0.4 is 19.1 Å². The summed E-state index contributed by atoms with van der Waals surface area (Å²) >= 11 is 1.33. The molecule has 3 aromatic carbocycles. The monoisotopic (exact) mass is 474 g/mol. The normalized spacial score (nSPS) is 15.8. The molecule has 0 atom stereocenters. The molecule has 0 aromatic heterocycles. The number of amides is 1. The molecule has 1 saturated heterocycles. The van der Waals surface area contributed by atoms with Crippen LogP contribution in [0.4, 0.5) is 11.4 Å². The number of hydrogen-bond acceptors (Lipinski definition) is 6. The van der Waals surface area contributed by atoms with Crippen LogP contribution in [0, 0.1) is 13.8 Å². The molecule has 1 aliphatic rings.